The fourth-order valence-corrected chi connectivity index (χ4v) is 2.34. The fraction of sp³-hybridized carbons (Fsp3) is 0.318. The van der Waals surface area contributed by atoms with E-state index in [0.717, 1.165) is 0 Å². The summed E-state index contributed by atoms with van der Waals surface area (Å²) in [6.07, 6.45) is -0.988. The normalized spacial score (nSPS) is 11.5. The maximum absolute atomic E-state index is 12.4. The van der Waals surface area contributed by atoms with Gasteiger partial charge >= 0.3 is 5.97 Å². The maximum Gasteiger partial charge on any atom is 0.339 e. The molecule has 0 aliphatic heterocycles. The second-order valence-electron chi connectivity index (χ2n) is 7.03. The van der Waals surface area contributed by atoms with Gasteiger partial charge in [-0.3, -0.25) is 9.59 Å². The third-order valence-electron chi connectivity index (χ3n) is 3.78. The lowest BCUT2D eigenvalue weighted by Crippen LogP contribution is -2.30. The summed E-state index contributed by atoms with van der Waals surface area (Å²) in [6, 6.07) is 13.3. The van der Waals surface area contributed by atoms with Crippen LogP contribution in [0.25, 0.3) is 0 Å². The minimum absolute atomic E-state index is 0.180. The summed E-state index contributed by atoms with van der Waals surface area (Å²) in [4.78, 5) is 35.7. The highest BCUT2D eigenvalue weighted by Gasteiger charge is 2.19. The molecule has 0 aromatic heterocycles. The first-order valence-corrected chi connectivity index (χ1v) is 9.37. The molecule has 154 valence electrons. The molecular weight excluding hydrogens is 372 g/mol. The third kappa shape index (κ3) is 7.29. The van der Waals surface area contributed by atoms with Crippen molar-refractivity contribution in [1.29, 1.82) is 0 Å². The molecule has 0 unspecified atom stereocenters. The van der Waals surface area contributed by atoms with E-state index in [2.05, 4.69) is 10.6 Å². The SMILES string of the molecule is CC(=O)Nc1ccc(NC(=O)[C@@H](C)OC(=O)c2cccc(OCC(C)C)c2)cc1. The Balaban J connectivity index is 1.92. The maximum atomic E-state index is 12.4. The smallest absolute Gasteiger partial charge is 0.339 e. The molecule has 2 rings (SSSR count). The number of amides is 2. The van der Waals surface area contributed by atoms with Gasteiger partial charge in [-0.05, 0) is 55.3 Å². The summed E-state index contributed by atoms with van der Waals surface area (Å²) in [5.74, 6) is -0.311. The predicted octanol–water partition coefficient (Wildman–Crippen LogP) is 3.86. The number of nitrogens with one attached hydrogen (secondary N) is 2. The van der Waals surface area contributed by atoms with Crippen molar-refractivity contribution < 1.29 is 23.9 Å². The van der Waals surface area contributed by atoms with Crippen molar-refractivity contribution in [1.82, 2.24) is 0 Å². The molecule has 0 fully saturated rings. The number of esters is 1. The molecule has 0 saturated heterocycles. The van der Waals surface area contributed by atoms with Crippen LogP contribution in [0.5, 0.6) is 5.75 Å². The van der Waals surface area contributed by atoms with Crippen LogP contribution in [-0.4, -0.2) is 30.5 Å². The van der Waals surface area contributed by atoms with Gasteiger partial charge in [-0.25, -0.2) is 4.79 Å². The summed E-state index contributed by atoms with van der Waals surface area (Å²) >= 11 is 0. The van der Waals surface area contributed by atoms with Crippen molar-refractivity contribution in [3.05, 3.63) is 54.1 Å². The largest absolute Gasteiger partial charge is 0.493 e. The monoisotopic (exact) mass is 398 g/mol. The van der Waals surface area contributed by atoms with Crippen LogP contribution in [0.3, 0.4) is 0 Å². The Labute approximate surface area is 170 Å². The number of benzene rings is 2. The van der Waals surface area contributed by atoms with Gasteiger partial charge in [0.1, 0.15) is 5.75 Å². The number of rotatable bonds is 8. The summed E-state index contributed by atoms with van der Waals surface area (Å²) in [5.41, 5.74) is 1.45. The van der Waals surface area contributed by atoms with Crippen LogP contribution in [0.4, 0.5) is 11.4 Å². The Morgan fingerprint density at radius 3 is 2.14 bits per heavy atom. The highest BCUT2D eigenvalue weighted by atomic mass is 16.5. The molecular formula is C22H26N2O5. The van der Waals surface area contributed by atoms with Crippen LogP contribution in [0.15, 0.2) is 48.5 Å². The molecule has 2 aromatic rings. The molecule has 7 nitrogen and oxygen atoms in total. The van der Waals surface area contributed by atoms with Crippen molar-refractivity contribution in [2.45, 2.75) is 33.8 Å². The topological polar surface area (TPSA) is 93.7 Å². The molecule has 0 radical (unpaired) electrons. The van der Waals surface area contributed by atoms with E-state index in [0.29, 0.717) is 35.2 Å². The Hall–Kier alpha value is -3.35. The Bertz CT molecular complexity index is 862. The van der Waals surface area contributed by atoms with Gasteiger partial charge in [-0.15, -0.1) is 0 Å². The molecule has 2 aromatic carbocycles. The summed E-state index contributed by atoms with van der Waals surface area (Å²) in [6.45, 7) is 7.52. The van der Waals surface area contributed by atoms with E-state index in [1.54, 1.807) is 48.5 Å². The second-order valence-corrected chi connectivity index (χ2v) is 7.03. The van der Waals surface area contributed by atoms with Gasteiger partial charge in [-0.1, -0.05) is 19.9 Å². The quantitative estimate of drug-likeness (QED) is 0.659. The van der Waals surface area contributed by atoms with E-state index in [-0.39, 0.29) is 5.91 Å². The lowest BCUT2D eigenvalue weighted by atomic mass is 10.2. The average Bonchev–Trinajstić information content (AvgIpc) is 2.67. The number of anilines is 2. The molecule has 0 bridgehead atoms. The third-order valence-corrected chi connectivity index (χ3v) is 3.78. The zero-order valence-electron chi connectivity index (χ0n) is 17.0. The van der Waals surface area contributed by atoms with E-state index in [1.165, 1.54) is 13.8 Å². The predicted molar refractivity (Wildman–Crippen MR) is 111 cm³/mol. The number of carbonyl (C=O) groups excluding carboxylic acids is 3. The van der Waals surface area contributed by atoms with Crippen molar-refractivity contribution in [3.8, 4) is 5.75 Å². The van der Waals surface area contributed by atoms with E-state index in [1.807, 2.05) is 13.8 Å². The van der Waals surface area contributed by atoms with E-state index in [9.17, 15) is 14.4 Å². The zero-order valence-corrected chi connectivity index (χ0v) is 17.0. The van der Waals surface area contributed by atoms with Gasteiger partial charge in [0.2, 0.25) is 5.91 Å². The lowest BCUT2D eigenvalue weighted by Gasteiger charge is -2.14. The van der Waals surface area contributed by atoms with Gasteiger partial charge in [0, 0.05) is 18.3 Å². The molecule has 0 aliphatic rings. The standard InChI is InChI=1S/C22H26N2O5/c1-14(2)13-28-20-7-5-6-17(12-20)22(27)29-15(3)21(26)24-19-10-8-18(9-11-19)23-16(4)25/h5-12,14-15H,13H2,1-4H3,(H,23,25)(H,24,26)/t15-/m1/s1. The molecule has 2 amide bonds. The van der Waals surface area contributed by atoms with Crippen LogP contribution in [-0.2, 0) is 14.3 Å². The first-order chi connectivity index (χ1) is 13.7. The molecule has 0 saturated carbocycles. The summed E-state index contributed by atoms with van der Waals surface area (Å²) < 4.78 is 10.9. The fourth-order valence-electron chi connectivity index (χ4n) is 2.34. The van der Waals surface area contributed by atoms with E-state index < -0.39 is 18.0 Å². The van der Waals surface area contributed by atoms with Crippen LogP contribution < -0.4 is 15.4 Å². The number of carbonyl (C=O) groups is 3. The number of hydrogen-bond donors (Lipinski definition) is 2. The van der Waals surface area contributed by atoms with E-state index >= 15 is 0 Å². The minimum atomic E-state index is -0.988. The molecule has 29 heavy (non-hydrogen) atoms. The average molecular weight is 398 g/mol. The Kier molecular flexibility index (Phi) is 7.77. The highest BCUT2D eigenvalue weighted by molar-refractivity contribution is 5.97. The molecule has 0 heterocycles. The number of hydrogen-bond acceptors (Lipinski definition) is 5. The van der Waals surface area contributed by atoms with Gasteiger partial charge in [0.15, 0.2) is 6.10 Å². The van der Waals surface area contributed by atoms with Gasteiger partial charge < -0.3 is 20.1 Å². The number of ether oxygens (including phenoxy) is 2. The molecule has 0 aliphatic carbocycles. The zero-order chi connectivity index (χ0) is 21.4. The minimum Gasteiger partial charge on any atom is -0.493 e. The van der Waals surface area contributed by atoms with Crippen LogP contribution in [0.2, 0.25) is 0 Å². The van der Waals surface area contributed by atoms with Crippen LogP contribution >= 0.6 is 0 Å². The summed E-state index contributed by atoms with van der Waals surface area (Å²) in [7, 11) is 0. The first kappa shape index (κ1) is 21.9. The van der Waals surface area contributed by atoms with Crippen molar-refractivity contribution in [3.63, 3.8) is 0 Å². The Morgan fingerprint density at radius 2 is 1.55 bits per heavy atom. The molecule has 2 N–H and O–H groups in total. The Morgan fingerprint density at radius 1 is 0.931 bits per heavy atom. The first-order valence-electron chi connectivity index (χ1n) is 9.37. The lowest BCUT2D eigenvalue weighted by molar-refractivity contribution is -0.123. The molecule has 7 heteroatoms. The molecule has 1 atom stereocenters. The molecule has 0 spiro atoms. The summed E-state index contributed by atoms with van der Waals surface area (Å²) in [5, 5.41) is 5.31. The van der Waals surface area contributed by atoms with Crippen LogP contribution in [0, 0.1) is 5.92 Å². The van der Waals surface area contributed by atoms with Gasteiger partial charge in [0.25, 0.3) is 5.91 Å². The van der Waals surface area contributed by atoms with Crippen molar-refractivity contribution in [2.75, 3.05) is 17.2 Å². The van der Waals surface area contributed by atoms with Gasteiger partial charge in [-0.2, -0.15) is 0 Å². The van der Waals surface area contributed by atoms with Gasteiger partial charge in [0.05, 0.1) is 12.2 Å². The van der Waals surface area contributed by atoms with E-state index in [4.69, 9.17) is 9.47 Å². The van der Waals surface area contributed by atoms with Crippen LogP contribution in [0.1, 0.15) is 38.1 Å². The van der Waals surface area contributed by atoms with Crippen molar-refractivity contribution in [2.24, 2.45) is 5.92 Å². The highest BCUT2D eigenvalue weighted by Crippen LogP contribution is 2.17. The second kappa shape index (κ2) is 10.3. The van der Waals surface area contributed by atoms with Crippen molar-refractivity contribution >= 4 is 29.2 Å².